The zero-order valence-electron chi connectivity index (χ0n) is 81.7. The first kappa shape index (κ1) is 98.0. The van der Waals surface area contributed by atoms with Gasteiger partial charge in [-0.05, 0) is 376 Å². The molecule has 1 aromatic rings. The van der Waals surface area contributed by atoms with Gasteiger partial charge in [0.1, 0.15) is 5.84 Å². The van der Waals surface area contributed by atoms with Crippen molar-refractivity contribution in [1.82, 2.24) is 15.6 Å². The predicted octanol–water partition coefficient (Wildman–Crippen LogP) is 18.0. The molecule has 17 aliphatic rings. The number of aliphatic hydroxyl groups is 12. The van der Waals surface area contributed by atoms with Crippen LogP contribution in [-0.4, -0.2) is 151 Å². The fourth-order valence-corrected chi connectivity index (χ4v) is 39.4. The third-order valence-corrected chi connectivity index (χ3v) is 44.5. The van der Waals surface area contributed by atoms with E-state index in [2.05, 4.69) is 156 Å². The molecular weight excluding hydrogens is 1580 g/mol. The Kier molecular flexibility index (Phi) is 29.2. The van der Waals surface area contributed by atoms with E-state index in [-0.39, 0.29) is 175 Å². The number of hydrogen-bond acceptors (Lipinski definition) is 18. The van der Waals surface area contributed by atoms with E-state index in [1.807, 2.05) is 0 Å². The standard InChI is InChI=1S/C27H44N2O5.C27H44N2O4.C27H48O3.C26H46O3/c1-5-16-19-12-15(30)10-11-26(19,3)23-20(31)13-27(4)17(7-8-18(27)22(23)24(16)32)14(2)6-9-21-28-25(33)34-29-21;1-6-17-20-12-16(30)9-10-26(20,4)24-21(31)13-27(5)18(7-8-19(27)23(24)25(17)32)14(2)11-22-28-15(3)33-29-22;1-6-8-9-16(3)19-10-11-20-23-24(22(29)15-27(19,20)5)26(4)13-12-17(28)14-21(26)18(7-2)25(23)30;1-6-8-15(3)18-9-10-19-22-23(21(28)14-26(18,19)5)25(4)12-11-16(27)13-20(25)17(7-2)24(22)29/h14-20,22-24,30-32H,5-13H2,1-4H3,(H,28,29,33);14,16-21,23-25,30-32H,3,6-13H2,1-2,4-5H3,(H,28,29);16-25,28-30H,6-15H2,1-5H3;15-24,27-29H,6-14H2,1-5H3/t14-,15-,16-,17-,18?,19+,20+,22?,23?,24-,26+,27-;14-,16-,17-,18-,19?,20+,21+,23?,24?,25-,26+,27-;16-,17-,18-,19-,20?,21+,22+,23?,24?,25-,26+,27-;15-,16-,17-,18-,19?,20+,21+,22?,23?,24-,25+,26-/m1111/s1. The maximum atomic E-state index is 11.8. The number of hydroxylamine groups is 1. The second kappa shape index (κ2) is 37.5. The van der Waals surface area contributed by atoms with Crippen molar-refractivity contribution in [3.05, 3.63) is 28.8 Å². The summed E-state index contributed by atoms with van der Waals surface area (Å²) in [6.07, 6.45) is 31.9. The van der Waals surface area contributed by atoms with Crippen LogP contribution in [0.1, 0.15) is 355 Å². The number of aliphatic imine (C=N–C) groups is 1. The van der Waals surface area contributed by atoms with Crippen molar-refractivity contribution in [3.63, 3.8) is 0 Å². The highest BCUT2D eigenvalue weighted by Gasteiger charge is 2.73. The van der Waals surface area contributed by atoms with Gasteiger partial charge in [-0.15, -0.1) is 0 Å². The van der Waals surface area contributed by atoms with Crippen molar-refractivity contribution in [2.75, 3.05) is 0 Å². The highest BCUT2D eigenvalue weighted by molar-refractivity contribution is 5.83. The van der Waals surface area contributed by atoms with Crippen LogP contribution in [0.15, 0.2) is 26.8 Å². The van der Waals surface area contributed by atoms with Gasteiger partial charge in [0.2, 0.25) is 5.88 Å². The molecular formula is C107H182N4O15. The summed E-state index contributed by atoms with van der Waals surface area (Å²) >= 11 is 0. The first-order chi connectivity index (χ1) is 59.6. The number of nitrogens with one attached hydrogen (secondary N) is 2. The molecule has 16 aliphatic carbocycles. The second-order valence-electron chi connectivity index (χ2n) is 49.9. The van der Waals surface area contributed by atoms with Crippen LogP contribution in [-0.2, 0) is 11.3 Å². The van der Waals surface area contributed by atoms with Gasteiger partial charge < -0.3 is 66.1 Å². The number of aliphatic hydroxyl groups excluding tert-OH is 12. The molecule has 16 fully saturated rings. The van der Waals surface area contributed by atoms with Crippen LogP contribution in [0.25, 0.3) is 0 Å². The molecule has 19 heteroatoms. The molecule has 126 heavy (non-hydrogen) atoms. The topological polar surface area (TPSA) is 335 Å². The highest BCUT2D eigenvalue weighted by Crippen LogP contribution is 2.76. The molecule has 0 aromatic carbocycles. The Morgan fingerprint density at radius 3 is 0.960 bits per heavy atom. The summed E-state index contributed by atoms with van der Waals surface area (Å²) in [4.78, 5) is 23.5. The Morgan fingerprint density at radius 2 is 0.690 bits per heavy atom. The van der Waals surface area contributed by atoms with Crippen molar-refractivity contribution in [3.8, 4) is 0 Å². The second-order valence-corrected chi connectivity index (χ2v) is 49.9. The molecule has 12 unspecified atom stereocenters. The molecule has 1 aliphatic heterocycles. The number of rotatable bonds is 18. The van der Waals surface area contributed by atoms with Gasteiger partial charge in [0, 0.05) is 12.8 Å². The normalized spacial score (nSPS) is 52.7. The van der Waals surface area contributed by atoms with Crippen molar-refractivity contribution in [2.24, 2.45) is 214 Å². The van der Waals surface area contributed by atoms with Gasteiger partial charge in [-0.2, -0.15) is 4.99 Å². The van der Waals surface area contributed by atoms with E-state index in [9.17, 15) is 66.1 Å². The molecule has 48 atom stereocenters. The van der Waals surface area contributed by atoms with Gasteiger partial charge in [0.15, 0.2) is 5.82 Å². The van der Waals surface area contributed by atoms with Gasteiger partial charge in [0.25, 0.3) is 0 Å². The molecule has 0 spiro atoms. The number of fused-ring (bicyclic) bond motifs is 20. The smallest absolute Gasteiger partial charge is 0.393 e. The van der Waals surface area contributed by atoms with Crippen LogP contribution in [0.4, 0.5) is 0 Å². The summed E-state index contributed by atoms with van der Waals surface area (Å²) in [5.41, 5.74) is 3.30. The Balaban J connectivity index is 0.000000130. The minimum Gasteiger partial charge on any atom is -0.393 e. The molecule has 1 aromatic heterocycles. The largest absolute Gasteiger partial charge is 0.438 e. The number of aryl methyl sites for hydroxylation is 1. The van der Waals surface area contributed by atoms with Crippen LogP contribution in [0.2, 0.25) is 0 Å². The number of aromatic amines is 1. The Labute approximate surface area is 759 Å². The molecule has 18 rings (SSSR count). The number of aromatic nitrogens is 2. The van der Waals surface area contributed by atoms with E-state index >= 15 is 0 Å². The van der Waals surface area contributed by atoms with Crippen LogP contribution < -0.4 is 11.2 Å². The third-order valence-electron chi connectivity index (χ3n) is 44.5. The summed E-state index contributed by atoms with van der Waals surface area (Å²) in [6, 6.07) is 0. The average molecular weight is 1760 g/mol. The Hall–Kier alpha value is -2.53. The lowest BCUT2D eigenvalue weighted by Gasteiger charge is -2.66. The van der Waals surface area contributed by atoms with E-state index < -0.39 is 30.2 Å². The zero-order chi connectivity index (χ0) is 91.1. The minimum absolute atomic E-state index is 0.00550. The average Bonchev–Trinajstić information content (AvgIpc) is 1.32. The number of unbranched alkanes of at least 4 members (excludes halogenated alkanes) is 1. The number of hydrogen-bond donors (Lipinski definition) is 14. The Bertz CT molecular complexity index is 3910. The predicted molar refractivity (Wildman–Crippen MR) is 495 cm³/mol. The molecule has 720 valence electrons. The van der Waals surface area contributed by atoms with E-state index in [1.54, 1.807) is 0 Å². The number of H-pyrrole nitrogens is 1. The molecule has 0 radical (unpaired) electrons. The summed E-state index contributed by atoms with van der Waals surface area (Å²) in [7, 11) is 0. The van der Waals surface area contributed by atoms with Gasteiger partial charge >= 0.3 is 5.76 Å². The maximum absolute atomic E-state index is 11.8. The van der Waals surface area contributed by atoms with Gasteiger partial charge in [0.05, 0.1) is 73.2 Å². The fourth-order valence-electron chi connectivity index (χ4n) is 39.4. The molecule has 2 heterocycles. The number of nitrogens with zero attached hydrogens (tertiary/aromatic N) is 2. The molecule has 0 saturated heterocycles. The quantitative estimate of drug-likeness (QED) is 0.0649. The summed E-state index contributed by atoms with van der Waals surface area (Å²) in [5.74, 6) is 11.3. The van der Waals surface area contributed by atoms with Crippen molar-refractivity contribution < 1.29 is 70.6 Å². The van der Waals surface area contributed by atoms with Crippen LogP contribution in [0.3, 0.4) is 0 Å². The zero-order valence-corrected chi connectivity index (χ0v) is 81.7. The van der Waals surface area contributed by atoms with Gasteiger partial charge in [-0.3, -0.25) is 9.51 Å². The molecule has 0 bridgehead atoms. The summed E-state index contributed by atoms with van der Waals surface area (Å²) < 4.78 is 4.66. The van der Waals surface area contributed by atoms with E-state index in [0.717, 1.165) is 173 Å². The van der Waals surface area contributed by atoms with Crippen molar-refractivity contribution >= 4 is 5.84 Å². The van der Waals surface area contributed by atoms with Gasteiger partial charge in [-0.1, -0.05) is 188 Å². The molecule has 14 N–H and O–H groups in total. The van der Waals surface area contributed by atoms with Gasteiger partial charge in [-0.25, -0.2) is 10.3 Å². The summed E-state index contributed by atoms with van der Waals surface area (Å²) in [5, 5.41) is 139. The Morgan fingerprint density at radius 1 is 0.389 bits per heavy atom. The van der Waals surface area contributed by atoms with E-state index in [0.29, 0.717) is 101 Å². The lowest BCUT2D eigenvalue weighted by atomic mass is 9.40. The highest BCUT2D eigenvalue weighted by atomic mass is 16.7. The maximum Gasteiger partial charge on any atom is 0.438 e. The molecule has 0 amide bonds. The third kappa shape index (κ3) is 16.4. The van der Waals surface area contributed by atoms with Crippen LogP contribution >= 0.6 is 0 Å². The number of amidine groups is 1. The fraction of sp³-hybridized carbons (Fsp3) is 0.953. The minimum atomic E-state index is -0.504. The van der Waals surface area contributed by atoms with Crippen LogP contribution in [0.5, 0.6) is 0 Å². The van der Waals surface area contributed by atoms with E-state index in [4.69, 9.17) is 4.84 Å². The SMILES string of the molecule is C=C1N=C(C[C@@H](C)[C@H]2CCC3C4C([C@@H](O)C[C@@]32C)[C@@]2(C)CC[C@@H](O)C[C@H]2[C@@H](CC)[C@H]4O)NO1.CCCC[C@@H](C)[C@H]1CCC2C3C([C@@H](O)C[C@@]21C)[C@@]1(C)CC[C@@H](O)C[C@H]1[C@@H](CC)[C@H]3O.CCC[C@@H](C)[C@H]1CCC2C3C([C@@H](O)C[C@@]21C)[C@@]1(C)CC[C@@H](O)C[C@H]1[C@@H](CC)[C@H]3O.CC[C@H]1[C@@H](O)C2C3CC[C@H]([C@H](C)CCc4noc(=O)[nH]4)[C@@]3(C)C[C@H](O)C2[C@@]2(C)CC[C@@H](O)C[C@@H]12. The lowest BCUT2D eigenvalue weighted by Crippen LogP contribution is -2.65. The van der Waals surface area contributed by atoms with Crippen molar-refractivity contribution in [1.29, 1.82) is 0 Å². The first-order valence-corrected chi connectivity index (χ1v) is 53.0. The first-order valence-electron chi connectivity index (χ1n) is 53.0. The lowest BCUT2D eigenvalue weighted by molar-refractivity contribution is -0.235. The monoisotopic (exact) mass is 1760 g/mol. The summed E-state index contributed by atoms with van der Waals surface area (Å²) in [6.45, 7) is 45.8. The van der Waals surface area contributed by atoms with Crippen molar-refractivity contribution in [2.45, 2.75) is 429 Å². The molecule has 19 nitrogen and oxygen atoms in total. The molecule has 16 saturated carbocycles. The van der Waals surface area contributed by atoms with Crippen LogP contribution in [0, 0.1) is 209 Å². The van der Waals surface area contributed by atoms with E-state index in [1.165, 1.54) is 57.8 Å².